The molecule has 6 rings (SSSR count). The summed E-state index contributed by atoms with van der Waals surface area (Å²) >= 11 is 14.9. The fourth-order valence-electron chi connectivity index (χ4n) is 4.63. The summed E-state index contributed by atoms with van der Waals surface area (Å²) in [7, 11) is 0. The lowest BCUT2D eigenvalue weighted by Crippen LogP contribution is -2.29. The number of anilines is 1. The number of amides is 1. The first-order valence-corrected chi connectivity index (χ1v) is 14.6. The van der Waals surface area contributed by atoms with Crippen molar-refractivity contribution in [3.05, 3.63) is 111 Å². The van der Waals surface area contributed by atoms with Gasteiger partial charge in [-0.2, -0.15) is 0 Å². The number of hydrogen-bond donors (Lipinski definition) is 1. The molecule has 1 N–H and O–H groups in total. The summed E-state index contributed by atoms with van der Waals surface area (Å²) in [6, 6.07) is 18.8. The Morgan fingerprint density at radius 1 is 1.02 bits per heavy atom. The van der Waals surface area contributed by atoms with Gasteiger partial charge in [-0.1, -0.05) is 76.6 Å². The number of aromatic nitrogens is 4. The summed E-state index contributed by atoms with van der Waals surface area (Å²) in [5.74, 6) is -1.36. The van der Waals surface area contributed by atoms with Gasteiger partial charge in [0.25, 0.3) is 5.78 Å². The molecule has 2 aromatic carbocycles. The van der Waals surface area contributed by atoms with Crippen LogP contribution in [0, 0.1) is 6.92 Å². The van der Waals surface area contributed by atoms with E-state index in [0.717, 1.165) is 5.56 Å². The van der Waals surface area contributed by atoms with Crippen molar-refractivity contribution in [1.82, 2.24) is 19.6 Å². The Labute approximate surface area is 246 Å². The first kappa shape index (κ1) is 26.5. The summed E-state index contributed by atoms with van der Waals surface area (Å²) in [5.41, 5.74) is 2.96. The molecule has 0 bridgehead atoms. The lowest BCUT2D eigenvalue weighted by atomic mass is 9.96. The SMILES string of the molecule is Cc1nc2ccccn2c1/C(O)=C1\C(=O)C(=O)N(c2nnc(SCc3ccc(Cl)cc3)s2)C1c1cccc(Cl)c1. The molecular weight excluding hydrogens is 589 g/mol. The first-order chi connectivity index (χ1) is 19.3. The van der Waals surface area contributed by atoms with Crippen LogP contribution < -0.4 is 4.90 Å². The summed E-state index contributed by atoms with van der Waals surface area (Å²) in [6.45, 7) is 1.74. The van der Waals surface area contributed by atoms with Crippen LogP contribution >= 0.6 is 46.3 Å². The normalized spacial score (nSPS) is 16.8. The molecule has 4 heterocycles. The van der Waals surface area contributed by atoms with E-state index in [1.54, 1.807) is 53.9 Å². The number of imidazole rings is 1. The van der Waals surface area contributed by atoms with Crippen molar-refractivity contribution < 1.29 is 14.7 Å². The number of aliphatic hydroxyl groups is 1. The number of carbonyl (C=O) groups excluding carboxylic acids is 2. The average molecular weight is 609 g/mol. The van der Waals surface area contributed by atoms with Crippen LogP contribution in [0.2, 0.25) is 10.0 Å². The number of aliphatic hydroxyl groups excluding tert-OH is 1. The molecule has 1 atom stereocenters. The lowest BCUT2D eigenvalue weighted by Gasteiger charge is -2.22. The molecule has 1 fully saturated rings. The van der Waals surface area contributed by atoms with E-state index in [0.29, 0.717) is 42.7 Å². The predicted molar refractivity (Wildman–Crippen MR) is 157 cm³/mol. The number of ketones is 1. The Morgan fingerprint density at radius 2 is 1.82 bits per heavy atom. The number of rotatable bonds is 6. The van der Waals surface area contributed by atoms with Gasteiger partial charge in [0.1, 0.15) is 11.3 Å². The molecule has 5 aromatic rings. The minimum absolute atomic E-state index is 0.0772. The van der Waals surface area contributed by atoms with Gasteiger partial charge in [0.05, 0.1) is 17.3 Å². The van der Waals surface area contributed by atoms with Crippen LogP contribution in [0.3, 0.4) is 0 Å². The molecule has 0 radical (unpaired) electrons. The zero-order chi connectivity index (χ0) is 28.0. The van der Waals surface area contributed by atoms with E-state index in [1.807, 2.05) is 30.3 Å². The highest BCUT2D eigenvalue weighted by atomic mass is 35.5. The van der Waals surface area contributed by atoms with Crippen LogP contribution in [-0.4, -0.2) is 36.4 Å². The number of hydrogen-bond acceptors (Lipinski definition) is 8. The monoisotopic (exact) mass is 607 g/mol. The van der Waals surface area contributed by atoms with Crippen LogP contribution in [0.15, 0.2) is 82.8 Å². The second kappa shape index (κ2) is 10.7. The van der Waals surface area contributed by atoms with E-state index in [4.69, 9.17) is 23.2 Å². The van der Waals surface area contributed by atoms with Gasteiger partial charge in [0.15, 0.2) is 10.1 Å². The Kier molecular flexibility index (Phi) is 7.09. The van der Waals surface area contributed by atoms with E-state index in [9.17, 15) is 14.7 Å². The molecule has 0 aliphatic carbocycles. The molecule has 1 amide bonds. The van der Waals surface area contributed by atoms with Crippen molar-refractivity contribution in [3.8, 4) is 0 Å². The number of thioether (sulfide) groups is 1. The minimum Gasteiger partial charge on any atom is -0.505 e. The second-order valence-electron chi connectivity index (χ2n) is 8.96. The van der Waals surface area contributed by atoms with E-state index >= 15 is 0 Å². The highest BCUT2D eigenvalue weighted by molar-refractivity contribution is 8.00. The molecule has 1 aliphatic heterocycles. The van der Waals surface area contributed by atoms with Crippen molar-refractivity contribution in [1.29, 1.82) is 0 Å². The molecule has 8 nitrogen and oxygen atoms in total. The maximum absolute atomic E-state index is 13.6. The summed E-state index contributed by atoms with van der Waals surface area (Å²) < 4.78 is 2.30. The lowest BCUT2D eigenvalue weighted by molar-refractivity contribution is -0.132. The Hall–Kier alpha value is -3.70. The first-order valence-electron chi connectivity index (χ1n) is 12.0. The van der Waals surface area contributed by atoms with Gasteiger partial charge in [-0.15, -0.1) is 10.2 Å². The van der Waals surface area contributed by atoms with Gasteiger partial charge in [-0.25, -0.2) is 4.98 Å². The van der Waals surface area contributed by atoms with Gasteiger partial charge in [0.2, 0.25) is 5.13 Å². The number of Topliss-reactive ketones (excluding diaryl/α,β-unsaturated/α-hetero) is 1. The number of pyridine rings is 1. The third-order valence-electron chi connectivity index (χ3n) is 6.41. The number of carbonyl (C=O) groups is 2. The van der Waals surface area contributed by atoms with Crippen LogP contribution in [0.1, 0.15) is 28.6 Å². The van der Waals surface area contributed by atoms with Gasteiger partial charge >= 0.3 is 5.91 Å². The van der Waals surface area contributed by atoms with E-state index in [2.05, 4.69) is 15.2 Å². The molecule has 40 heavy (non-hydrogen) atoms. The van der Waals surface area contributed by atoms with Crippen molar-refractivity contribution in [3.63, 3.8) is 0 Å². The average Bonchev–Trinajstić information content (AvgIpc) is 3.62. The van der Waals surface area contributed by atoms with Crippen LogP contribution in [-0.2, 0) is 15.3 Å². The summed E-state index contributed by atoms with van der Waals surface area (Å²) in [4.78, 5) is 32.9. The third kappa shape index (κ3) is 4.77. The largest absolute Gasteiger partial charge is 0.505 e. The van der Waals surface area contributed by atoms with Crippen molar-refractivity contribution in [2.45, 2.75) is 23.1 Å². The molecule has 1 aliphatic rings. The molecule has 1 saturated heterocycles. The van der Waals surface area contributed by atoms with Crippen LogP contribution in [0.25, 0.3) is 11.4 Å². The number of benzene rings is 2. The second-order valence-corrected chi connectivity index (χ2v) is 12.0. The summed E-state index contributed by atoms with van der Waals surface area (Å²) in [6.07, 6.45) is 1.74. The third-order valence-corrected chi connectivity index (χ3v) is 9.03. The fraction of sp³-hybridized carbons (Fsp3) is 0.107. The summed E-state index contributed by atoms with van der Waals surface area (Å²) in [5, 5.41) is 21.4. The number of halogens is 2. The van der Waals surface area contributed by atoms with Gasteiger partial charge < -0.3 is 5.11 Å². The molecule has 1 unspecified atom stereocenters. The molecule has 12 heteroatoms. The molecule has 0 spiro atoms. The van der Waals surface area contributed by atoms with Crippen molar-refractivity contribution in [2.75, 3.05) is 4.90 Å². The zero-order valence-electron chi connectivity index (χ0n) is 20.8. The van der Waals surface area contributed by atoms with Gasteiger partial charge in [-0.3, -0.25) is 18.9 Å². The maximum Gasteiger partial charge on any atom is 0.301 e. The maximum atomic E-state index is 13.6. The quantitative estimate of drug-likeness (QED) is 0.0751. The van der Waals surface area contributed by atoms with Gasteiger partial charge in [-0.05, 0) is 54.4 Å². The fourth-order valence-corrected chi connectivity index (χ4v) is 6.78. The molecule has 3 aromatic heterocycles. The van der Waals surface area contributed by atoms with Gasteiger partial charge in [0, 0.05) is 22.0 Å². The Morgan fingerprint density at radius 3 is 2.60 bits per heavy atom. The standard InChI is InChI=1S/C28H19Cl2N5O3S2/c1-15-22(34-12-3-2-7-20(34)31-15)24(36)21-23(17-5-4-6-19(30)13-17)35(26(38)25(21)37)27-32-33-28(40-27)39-14-16-8-10-18(29)11-9-16/h2-13,23,36H,14H2,1H3/b24-21+. The van der Waals surface area contributed by atoms with Crippen molar-refractivity contribution in [2.24, 2.45) is 0 Å². The Bertz CT molecular complexity index is 1820. The van der Waals surface area contributed by atoms with E-state index in [-0.39, 0.29) is 16.5 Å². The predicted octanol–water partition coefficient (Wildman–Crippen LogP) is 6.72. The number of aryl methyl sites for hydroxylation is 1. The van der Waals surface area contributed by atoms with Crippen molar-refractivity contribution >= 4 is 74.5 Å². The highest BCUT2D eigenvalue weighted by Crippen LogP contribution is 2.44. The number of fused-ring (bicyclic) bond motifs is 1. The minimum atomic E-state index is -0.977. The van der Waals surface area contributed by atoms with Crippen LogP contribution in [0.4, 0.5) is 5.13 Å². The molecule has 0 saturated carbocycles. The van der Waals surface area contributed by atoms with Crippen LogP contribution in [0.5, 0.6) is 0 Å². The number of nitrogens with zero attached hydrogens (tertiary/aromatic N) is 5. The molecule has 200 valence electrons. The van der Waals surface area contributed by atoms with E-state index in [1.165, 1.54) is 28.0 Å². The smallest absolute Gasteiger partial charge is 0.301 e. The van der Waals surface area contributed by atoms with E-state index < -0.39 is 17.7 Å². The zero-order valence-corrected chi connectivity index (χ0v) is 23.9. The highest BCUT2D eigenvalue weighted by Gasteiger charge is 2.49. The topological polar surface area (TPSA) is 101 Å². The Balaban J connectivity index is 1.43. The molecular formula is C28H19Cl2N5O3S2.